The Kier molecular flexibility index (Phi) is 5.81. The summed E-state index contributed by atoms with van der Waals surface area (Å²) >= 11 is 0. The predicted molar refractivity (Wildman–Crippen MR) is 103 cm³/mol. The van der Waals surface area contributed by atoms with Crippen molar-refractivity contribution in [2.24, 2.45) is 0 Å². The van der Waals surface area contributed by atoms with Gasteiger partial charge in [0.2, 0.25) is 5.88 Å². The maximum Gasteiger partial charge on any atom is 0.416 e. The van der Waals surface area contributed by atoms with Crippen molar-refractivity contribution < 1.29 is 22.7 Å². The molecule has 1 amide bonds. The van der Waals surface area contributed by atoms with Gasteiger partial charge in [0, 0.05) is 23.0 Å². The molecule has 5 nitrogen and oxygen atoms in total. The molecule has 0 unspecified atom stereocenters. The molecule has 0 fully saturated rings. The number of alkyl halides is 3. The van der Waals surface area contributed by atoms with Gasteiger partial charge in [0.1, 0.15) is 0 Å². The van der Waals surface area contributed by atoms with E-state index in [2.05, 4.69) is 15.3 Å². The fraction of sp³-hybridized carbons (Fsp3) is 0.190. The molecule has 150 valence electrons. The molecule has 0 bridgehead atoms. The lowest BCUT2D eigenvalue weighted by Gasteiger charge is -2.10. The Morgan fingerprint density at radius 2 is 1.66 bits per heavy atom. The third kappa shape index (κ3) is 5.54. The first-order chi connectivity index (χ1) is 13.7. The van der Waals surface area contributed by atoms with Gasteiger partial charge in [0.25, 0.3) is 5.91 Å². The highest BCUT2D eigenvalue weighted by Crippen LogP contribution is 2.30. The van der Waals surface area contributed by atoms with Crippen molar-refractivity contribution in [1.29, 1.82) is 0 Å². The van der Waals surface area contributed by atoms with Gasteiger partial charge in [-0.2, -0.15) is 18.2 Å². The Hall–Kier alpha value is -3.42. The summed E-state index contributed by atoms with van der Waals surface area (Å²) in [4.78, 5) is 20.5. The van der Waals surface area contributed by atoms with Gasteiger partial charge in [-0.15, -0.1) is 0 Å². The Labute approximate surface area is 165 Å². The van der Waals surface area contributed by atoms with Crippen LogP contribution in [0.4, 0.5) is 18.9 Å². The third-order valence-corrected chi connectivity index (χ3v) is 3.99. The molecule has 0 aliphatic rings. The van der Waals surface area contributed by atoms with Gasteiger partial charge >= 0.3 is 6.18 Å². The average molecular weight is 401 g/mol. The number of hydrogen-bond donors (Lipinski definition) is 1. The van der Waals surface area contributed by atoms with Gasteiger partial charge < -0.3 is 10.1 Å². The summed E-state index contributed by atoms with van der Waals surface area (Å²) < 4.78 is 43.6. The summed E-state index contributed by atoms with van der Waals surface area (Å²) in [6, 6.07) is 13.4. The second kappa shape index (κ2) is 8.30. The Balaban J connectivity index is 1.68. The zero-order valence-electron chi connectivity index (χ0n) is 15.7. The van der Waals surface area contributed by atoms with Crippen molar-refractivity contribution in [2.45, 2.75) is 20.0 Å². The van der Waals surface area contributed by atoms with Crippen LogP contribution in [0.3, 0.4) is 0 Å². The largest absolute Gasteiger partial charge is 0.467 e. The maximum atomic E-state index is 12.7. The molecule has 2 aromatic carbocycles. The molecule has 29 heavy (non-hydrogen) atoms. The maximum absolute atomic E-state index is 12.7. The van der Waals surface area contributed by atoms with E-state index in [1.165, 1.54) is 12.1 Å². The van der Waals surface area contributed by atoms with Gasteiger partial charge in [-0.1, -0.05) is 29.8 Å². The fourth-order valence-electron chi connectivity index (χ4n) is 2.52. The number of benzene rings is 2. The van der Waals surface area contributed by atoms with Crippen molar-refractivity contribution in [3.63, 3.8) is 0 Å². The lowest BCUT2D eigenvalue weighted by atomic mass is 10.1. The lowest BCUT2D eigenvalue weighted by Crippen LogP contribution is -2.20. The minimum absolute atomic E-state index is 0.159. The Morgan fingerprint density at radius 3 is 2.28 bits per heavy atom. The fourth-order valence-corrected chi connectivity index (χ4v) is 2.52. The molecule has 1 aromatic heterocycles. The van der Waals surface area contributed by atoms with Crippen LogP contribution in [0, 0.1) is 13.8 Å². The van der Waals surface area contributed by atoms with Gasteiger partial charge in [-0.05, 0) is 38.1 Å². The van der Waals surface area contributed by atoms with Crippen molar-refractivity contribution in [2.75, 3.05) is 11.9 Å². The highest BCUT2D eigenvalue weighted by molar-refractivity contribution is 5.91. The number of amides is 1. The molecule has 3 aromatic rings. The molecule has 1 N–H and O–H groups in total. The number of nitrogens with one attached hydrogen (secondary N) is 1. The van der Waals surface area contributed by atoms with Crippen LogP contribution in [0.1, 0.15) is 16.8 Å². The smallest absolute Gasteiger partial charge is 0.416 e. The number of ether oxygens (including phenoxy) is 1. The zero-order valence-corrected chi connectivity index (χ0v) is 15.7. The van der Waals surface area contributed by atoms with Gasteiger partial charge in [0.05, 0.1) is 5.56 Å². The molecule has 0 aliphatic heterocycles. The van der Waals surface area contributed by atoms with E-state index in [0.717, 1.165) is 17.7 Å². The summed E-state index contributed by atoms with van der Waals surface area (Å²) in [5.74, 6) is 0.0142. The first-order valence-corrected chi connectivity index (χ1v) is 8.73. The molecule has 8 heteroatoms. The highest BCUT2D eigenvalue weighted by atomic mass is 19.4. The monoisotopic (exact) mass is 401 g/mol. The van der Waals surface area contributed by atoms with Crippen LogP contribution in [0.15, 0.2) is 54.6 Å². The SMILES string of the molecule is Cc1ccc(NC(=O)COc2cc(C)nc(-c3ccc(C(F)(F)F)cc3)n2)cc1. The highest BCUT2D eigenvalue weighted by Gasteiger charge is 2.30. The molecule has 3 rings (SSSR count). The van der Waals surface area contributed by atoms with Crippen LogP contribution < -0.4 is 10.1 Å². The normalized spacial score (nSPS) is 11.2. The van der Waals surface area contributed by atoms with Crippen molar-refractivity contribution >= 4 is 11.6 Å². The summed E-state index contributed by atoms with van der Waals surface area (Å²) in [6.45, 7) is 3.38. The quantitative estimate of drug-likeness (QED) is 0.667. The second-order valence-corrected chi connectivity index (χ2v) is 6.45. The number of carbonyl (C=O) groups is 1. The van der Waals surface area contributed by atoms with E-state index in [-0.39, 0.29) is 24.2 Å². The van der Waals surface area contributed by atoms with Gasteiger partial charge in [-0.3, -0.25) is 4.79 Å². The van der Waals surface area contributed by atoms with Crippen molar-refractivity contribution in [3.05, 3.63) is 71.4 Å². The van der Waals surface area contributed by atoms with Crippen LogP contribution in [-0.4, -0.2) is 22.5 Å². The summed E-state index contributed by atoms with van der Waals surface area (Å²) in [7, 11) is 0. The summed E-state index contributed by atoms with van der Waals surface area (Å²) in [5.41, 5.74) is 1.94. The number of nitrogens with zero attached hydrogens (tertiary/aromatic N) is 2. The molecule has 0 saturated carbocycles. The van der Waals surface area contributed by atoms with E-state index in [1.807, 2.05) is 19.1 Å². The number of anilines is 1. The predicted octanol–water partition coefficient (Wildman–Crippen LogP) is 4.80. The van der Waals surface area contributed by atoms with E-state index < -0.39 is 11.7 Å². The van der Waals surface area contributed by atoms with Crippen LogP contribution in [0.2, 0.25) is 0 Å². The molecular weight excluding hydrogens is 383 g/mol. The average Bonchev–Trinajstić information content (AvgIpc) is 2.67. The van der Waals surface area contributed by atoms with Crippen molar-refractivity contribution in [3.8, 4) is 17.3 Å². The minimum atomic E-state index is -4.41. The van der Waals surface area contributed by atoms with Crippen LogP contribution in [0.5, 0.6) is 5.88 Å². The number of carbonyl (C=O) groups excluding carboxylic acids is 1. The zero-order chi connectivity index (χ0) is 21.0. The van der Waals surface area contributed by atoms with Gasteiger partial charge in [0.15, 0.2) is 12.4 Å². The second-order valence-electron chi connectivity index (χ2n) is 6.45. The third-order valence-electron chi connectivity index (χ3n) is 3.99. The number of rotatable bonds is 5. The molecule has 0 saturated heterocycles. The van der Waals surface area contributed by atoms with Crippen LogP contribution in [-0.2, 0) is 11.0 Å². The number of hydrogen-bond acceptors (Lipinski definition) is 4. The lowest BCUT2D eigenvalue weighted by molar-refractivity contribution is -0.137. The molecule has 0 radical (unpaired) electrons. The van der Waals surface area contributed by atoms with E-state index in [1.54, 1.807) is 25.1 Å². The van der Waals surface area contributed by atoms with E-state index in [4.69, 9.17) is 4.74 Å². The number of aryl methyl sites for hydroxylation is 2. The molecule has 0 spiro atoms. The van der Waals surface area contributed by atoms with Crippen LogP contribution in [0.25, 0.3) is 11.4 Å². The number of aromatic nitrogens is 2. The first-order valence-electron chi connectivity index (χ1n) is 8.73. The topological polar surface area (TPSA) is 64.1 Å². The first kappa shape index (κ1) is 20.3. The molecule has 0 aliphatic carbocycles. The van der Waals surface area contributed by atoms with E-state index in [9.17, 15) is 18.0 Å². The summed E-state index contributed by atoms with van der Waals surface area (Å²) in [5, 5.41) is 2.71. The molecule has 0 atom stereocenters. The van der Waals surface area contributed by atoms with Crippen LogP contribution >= 0.6 is 0 Å². The number of halogens is 3. The van der Waals surface area contributed by atoms with Gasteiger partial charge in [-0.25, -0.2) is 4.98 Å². The minimum Gasteiger partial charge on any atom is -0.467 e. The van der Waals surface area contributed by atoms with E-state index in [0.29, 0.717) is 16.9 Å². The summed E-state index contributed by atoms with van der Waals surface area (Å²) in [6.07, 6.45) is -4.41. The standard InChI is InChI=1S/C21H18F3N3O2/c1-13-3-9-17(10-4-13)26-18(28)12-29-19-11-14(2)25-20(27-19)15-5-7-16(8-6-15)21(22,23)24/h3-11H,12H2,1-2H3,(H,26,28). The van der Waals surface area contributed by atoms with Crippen molar-refractivity contribution in [1.82, 2.24) is 9.97 Å². The molecular formula is C21H18F3N3O2. The molecule has 1 heterocycles. The van der Waals surface area contributed by atoms with E-state index >= 15 is 0 Å². The Bertz CT molecular complexity index is 1000. The Morgan fingerprint density at radius 1 is 1.00 bits per heavy atom.